The molecule has 0 unspecified atom stereocenters. The molecule has 5 heteroatoms. The minimum Gasteiger partial charge on any atom is -0.488 e. The third kappa shape index (κ3) is 3.30. The fourth-order valence-electron chi connectivity index (χ4n) is 1.54. The van der Waals surface area contributed by atoms with Crippen LogP contribution in [-0.4, -0.2) is 0 Å². The van der Waals surface area contributed by atoms with Crippen LogP contribution in [0.25, 0.3) is 0 Å². The van der Waals surface area contributed by atoms with Crippen LogP contribution in [0.1, 0.15) is 11.1 Å². The van der Waals surface area contributed by atoms with Crippen LogP contribution in [0.4, 0.5) is 8.78 Å². The molecule has 0 fully saturated rings. The van der Waals surface area contributed by atoms with Crippen molar-refractivity contribution in [2.24, 2.45) is 0 Å². The van der Waals surface area contributed by atoms with E-state index >= 15 is 0 Å². The van der Waals surface area contributed by atoms with E-state index in [1.54, 1.807) is 0 Å². The van der Waals surface area contributed by atoms with Crippen molar-refractivity contribution in [1.82, 2.24) is 0 Å². The Morgan fingerprint density at radius 1 is 1.11 bits per heavy atom. The van der Waals surface area contributed by atoms with Crippen LogP contribution in [0.3, 0.4) is 0 Å². The topological polar surface area (TPSA) is 33.0 Å². The fraction of sp³-hybridized carbons (Fsp3) is 0.0714. The molecule has 0 aromatic heterocycles. The quantitative estimate of drug-likeness (QED) is 0.849. The fourth-order valence-corrected chi connectivity index (χ4v) is 2.00. The van der Waals surface area contributed by atoms with E-state index in [0.717, 1.165) is 0 Å². The molecule has 0 saturated heterocycles. The van der Waals surface area contributed by atoms with Gasteiger partial charge in [0, 0.05) is 5.56 Å². The van der Waals surface area contributed by atoms with E-state index in [1.165, 1.54) is 36.4 Å². The van der Waals surface area contributed by atoms with Crippen molar-refractivity contribution in [3.8, 4) is 11.8 Å². The molecule has 0 aliphatic carbocycles. The van der Waals surface area contributed by atoms with Gasteiger partial charge in [0.05, 0.1) is 16.1 Å². The van der Waals surface area contributed by atoms with Crippen LogP contribution in [0.2, 0.25) is 0 Å². The van der Waals surface area contributed by atoms with E-state index in [9.17, 15) is 8.78 Å². The maximum Gasteiger partial charge on any atom is 0.134 e. The summed E-state index contributed by atoms with van der Waals surface area (Å²) in [6, 6.07) is 9.82. The minimum absolute atomic E-state index is 0.0326. The van der Waals surface area contributed by atoms with Gasteiger partial charge in [-0.05, 0) is 52.3 Å². The van der Waals surface area contributed by atoms with Gasteiger partial charge in [0.25, 0.3) is 0 Å². The lowest BCUT2D eigenvalue weighted by Gasteiger charge is -2.09. The molecule has 0 radical (unpaired) electrons. The SMILES string of the molecule is N#Cc1ccc(F)cc1COc1ccc(F)cc1Br. The molecular weight excluding hydrogens is 316 g/mol. The second-order valence-corrected chi connectivity index (χ2v) is 4.63. The molecule has 0 aliphatic rings. The van der Waals surface area contributed by atoms with Gasteiger partial charge in [-0.25, -0.2) is 8.78 Å². The molecule has 0 aliphatic heterocycles. The predicted octanol–water partition coefficient (Wildman–Crippen LogP) is 4.18. The number of nitrogens with zero attached hydrogens (tertiary/aromatic N) is 1. The maximum atomic E-state index is 13.1. The molecule has 0 saturated carbocycles. The molecule has 2 aromatic carbocycles. The Bertz CT molecular complexity index is 652. The summed E-state index contributed by atoms with van der Waals surface area (Å²) >= 11 is 3.17. The molecule has 0 amide bonds. The van der Waals surface area contributed by atoms with Crippen LogP contribution in [0, 0.1) is 23.0 Å². The molecule has 96 valence electrons. The summed E-state index contributed by atoms with van der Waals surface area (Å²) in [4.78, 5) is 0. The largest absolute Gasteiger partial charge is 0.488 e. The monoisotopic (exact) mass is 323 g/mol. The van der Waals surface area contributed by atoms with Gasteiger partial charge in [0.2, 0.25) is 0 Å². The zero-order valence-electron chi connectivity index (χ0n) is 9.66. The average Bonchev–Trinajstić information content (AvgIpc) is 2.38. The van der Waals surface area contributed by atoms with Gasteiger partial charge in [-0.3, -0.25) is 0 Å². The number of benzene rings is 2. The smallest absolute Gasteiger partial charge is 0.134 e. The van der Waals surface area contributed by atoms with Crippen molar-refractivity contribution in [2.75, 3.05) is 0 Å². The molecule has 2 aromatic rings. The second-order valence-electron chi connectivity index (χ2n) is 3.78. The molecule has 19 heavy (non-hydrogen) atoms. The van der Waals surface area contributed by atoms with Crippen molar-refractivity contribution >= 4 is 15.9 Å². The van der Waals surface area contributed by atoms with E-state index in [0.29, 0.717) is 21.3 Å². The molecular formula is C14H8BrF2NO. The molecule has 0 bridgehead atoms. The second kappa shape index (κ2) is 5.81. The summed E-state index contributed by atoms with van der Waals surface area (Å²) in [6.07, 6.45) is 0. The molecule has 0 N–H and O–H groups in total. The summed E-state index contributed by atoms with van der Waals surface area (Å²) in [5.41, 5.74) is 0.790. The van der Waals surface area contributed by atoms with E-state index in [4.69, 9.17) is 10.00 Å². The van der Waals surface area contributed by atoms with Crippen molar-refractivity contribution in [2.45, 2.75) is 6.61 Å². The Kier molecular flexibility index (Phi) is 4.13. The van der Waals surface area contributed by atoms with Gasteiger partial charge < -0.3 is 4.74 Å². The molecule has 2 nitrogen and oxygen atoms in total. The van der Waals surface area contributed by atoms with Gasteiger partial charge in [-0.1, -0.05) is 0 Å². The first-order chi connectivity index (χ1) is 9.10. The highest BCUT2D eigenvalue weighted by Gasteiger charge is 2.07. The highest BCUT2D eigenvalue weighted by molar-refractivity contribution is 9.10. The zero-order chi connectivity index (χ0) is 13.8. The summed E-state index contributed by atoms with van der Waals surface area (Å²) in [7, 11) is 0. The Labute approximate surface area is 117 Å². The Morgan fingerprint density at radius 2 is 1.79 bits per heavy atom. The minimum atomic E-state index is -0.434. The van der Waals surface area contributed by atoms with Gasteiger partial charge in [0.1, 0.15) is 24.0 Å². The first-order valence-corrected chi connectivity index (χ1v) is 6.16. The number of ether oxygens (including phenoxy) is 1. The summed E-state index contributed by atoms with van der Waals surface area (Å²) in [5.74, 6) is -0.395. The van der Waals surface area contributed by atoms with Gasteiger partial charge in [-0.15, -0.1) is 0 Å². The van der Waals surface area contributed by atoms with E-state index in [-0.39, 0.29) is 12.4 Å². The number of halogens is 3. The first-order valence-electron chi connectivity index (χ1n) is 5.36. The van der Waals surface area contributed by atoms with Crippen molar-refractivity contribution < 1.29 is 13.5 Å². The average molecular weight is 324 g/mol. The van der Waals surface area contributed by atoms with Crippen molar-refractivity contribution in [3.05, 3.63) is 63.6 Å². The Hall–Kier alpha value is -1.93. The normalized spacial score (nSPS) is 10.0. The third-order valence-corrected chi connectivity index (χ3v) is 3.08. The van der Waals surface area contributed by atoms with Crippen molar-refractivity contribution in [3.63, 3.8) is 0 Å². The molecule has 0 atom stereocenters. The highest BCUT2D eigenvalue weighted by atomic mass is 79.9. The number of rotatable bonds is 3. The van der Waals surface area contributed by atoms with Crippen LogP contribution >= 0.6 is 15.9 Å². The maximum absolute atomic E-state index is 13.1. The molecule has 2 rings (SSSR count). The van der Waals surface area contributed by atoms with Gasteiger partial charge >= 0.3 is 0 Å². The van der Waals surface area contributed by atoms with E-state index in [1.807, 2.05) is 6.07 Å². The van der Waals surface area contributed by atoms with E-state index in [2.05, 4.69) is 15.9 Å². The summed E-state index contributed by atoms with van der Waals surface area (Å²) in [5, 5.41) is 8.91. The van der Waals surface area contributed by atoms with Crippen LogP contribution in [0.5, 0.6) is 5.75 Å². The van der Waals surface area contributed by atoms with Gasteiger partial charge in [-0.2, -0.15) is 5.26 Å². The lowest BCUT2D eigenvalue weighted by molar-refractivity contribution is 0.302. The zero-order valence-corrected chi connectivity index (χ0v) is 11.2. The first kappa shape index (κ1) is 13.5. The van der Waals surface area contributed by atoms with E-state index < -0.39 is 5.82 Å². The summed E-state index contributed by atoms with van der Waals surface area (Å²) in [6.45, 7) is 0.0326. The van der Waals surface area contributed by atoms with Crippen LogP contribution in [0.15, 0.2) is 40.9 Å². The molecule has 0 spiro atoms. The van der Waals surface area contributed by atoms with Crippen LogP contribution < -0.4 is 4.74 Å². The third-order valence-electron chi connectivity index (χ3n) is 2.46. The number of hydrogen-bond donors (Lipinski definition) is 0. The highest BCUT2D eigenvalue weighted by Crippen LogP contribution is 2.26. The lowest BCUT2D eigenvalue weighted by atomic mass is 10.1. The standard InChI is InChI=1S/C14H8BrF2NO/c15-13-6-12(17)3-4-14(13)19-8-10-5-11(16)2-1-9(10)7-18/h1-6H,8H2. The summed E-state index contributed by atoms with van der Waals surface area (Å²) < 4.78 is 31.9. The van der Waals surface area contributed by atoms with Gasteiger partial charge in [0.15, 0.2) is 0 Å². The van der Waals surface area contributed by atoms with Crippen LogP contribution in [-0.2, 0) is 6.61 Å². The predicted molar refractivity (Wildman–Crippen MR) is 69.5 cm³/mol. The lowest BCUT2D eigenvalue weighted by Crippen LogP contribution is -2.00. The molecule has 0 heterocycles. The Balaban J connectivity index is 2.19. The number of nitriles is 1. The Morgan fingerprint density at radius 3 is 2.47 bits per heavy atom. The van der Waals surface area contributed by atoms with Crippen molar-refractivity contribution in [1.29, 1.82) is 5.26 Å². The number of hydrogen-bond acceptors (Lipinski definition) is 2.